The first-order chi connectivity index (χ1) is 15.3. The summed E-state index contributed by atoms with van der Waals surface area (Å²) in [6, 6.07) is 13.7. The Hall–Kier alpha value is -2.70. The lowest BCUT2D eigenvalue weighted by Crippen LogP contribution is -2.43. The number of rotatable bonds is 7. The first kappa shape index (κ1) is 22.5. The van der Waals surface area contributed by atoms with Crippen LogP contribution in [0.15, 0.2) is 52.9 Å². The van der Waals surface area contributed by atoms with Crippen LogP contribution in [0.4, 0.5) is 4.39 Å². The molecular formula is C26H31FN2O3. The summed E-state index contributed by atoms with van der Waals surface area (Å²) in [5.74, 6) is 0.256. The summed E-state index contributed by atoms with van der Waals surface area (Å²) >= 11 is 0. The van der Waals surface area contributed by atoms with E-state index in [1.165, 1.54) is 12.1 Å². The van der Waals surface area contributed by atoms with E-state index in [1.807, 2.05) is 24.3 Å². The molecule has 0 bridgehead atoms. The Morgan fingerprint density at radius 3 is 2.69 bits per heavy atom. The SMILES string of the molecule is CC(C)CN1CCC(O)(c2ccc3oc(C(=O)NCCc4cccc(F)c4)cc3c2)CC1. The summed E-state index contributed by atoms with van der Waals surface area (Å²) in [6.45, 7) is 7.60. The lowest BCUT2D eigenvalue weighted by atomic mass is 9.84. The Morgan fingerprint density at radius 2 is 1.97 bits per heavy atom. The fourth-order valence-electron chi connectivity index (χ4n) is 4.46. The Kier molecular flexibility index (Phi) is 6.63. The molecule has 4 rings (SSSR count). The normalized spacial score (nSPS) is 16.5. The van der Waals surface area contributed by atoms with Gasteiger partial charge < -0.3 is 19.7 Å². The topological polar surface area (TPSA) is 65.7 Å². The standard InChI is InChI=1S/C26H31FN2O3/c1-18(2)17-29-12-9-26(31,10-13-29)21-6-7-23-20(15-21)16-24(32-23)25(30)28-11-8-19-4-3-5-22(27)14-19/h3-7,14-16,18,31H,8-13,17H2,1-2H3,(H,28,30). The minimum absolute atomic E-state index is 0.232. The zero-order chi connectivity index (χ0) is 22.7. The van der Waals surface area contributed by atoms with Gasteiger partial charge in [-0.05, 0) is 66.6 Å². The Bertz CT molecular complexity index is 1080. The van der Waals surface area contributed by atoms with Gasteiger partial charge in [0, 0.05) is 31.6 Å². The second kappa shape index (κ2) is 9.43. The molecule has 0 unspecified atom stereocenters. The molecule has 1 aromatic heterocycles. The number of amides is 1. The first-order valence-electron chi connectivity index (χ1n) is 11.3. The number of nitrogens with one attached hydrogen (secondary N) is 1. The lowest BCUT2D eigenvalue weighted by Gasteiger charge is -2.39. The Balaban J connectivity index is 1.40. The highest BCUT2D eigenvalue weighted by Crippen LogP contribution is 2.35. The van der Waals surface area contributed by atoms with Gasteiger partial charge in [-0.1, -0.05) is 32.0 Å². The van der Waals surface area contributed by atoms with Crippen LogP contribution in [0, 0.1) is 11.7 Å². The Labute approximate surface area is 188 Å². The summed E-state index contributed by atoms with van der Waals surface area (Å²) in [7, 11) is 0. The molecule has 0 saturated carbocycles. The number of fused-ring (bicyclic) bond motifs is 1. The van der Waals surface area contributed by atoms with E-state index in [9.17, 15) is 14.3 Å². The van der Waals surface area contributed by atoms with E-state index in [-0.39, 0.29) is 17.5 Å². The van der Waals surface area contributed by atoms with Gasteiger partial charge in [0.05, 0.1) is 5.60 Å². The van der Waals surface area contributed by atoms with Crippen LogP contribution in [0.25, 0.3) is 11.0 Å². The van der Waals surface area contributed by atoms with Crippen molar-refractivity contribution >= 4 is 16.9 Å². The molecule has 1 aliphatic rings. The van der Waals surface area contributed by atoms with Gasteiger partial charge in [-0.3, -0.25) is 4.79 Å². The molecule has 5 nitrogen and oxygen atoms in total. The number of halogens is 1. The molecule has 1 amide bonds. The molecule has 1 aliphatic heterocycles. The number of piperidine rings is 1. The fourth-order valence-corrected chi connectivity index (χ4v) is 4.46. The molecule has 2 aromatic carbocycles. The van der Waals surface area contributed by atoms with Gasteiger partial charge in [-0.15, -0.1) is 0 Å². The predicted octanol–water partition coefficient (Wildman–Crippen LogP) is 4.48. The number of carbonyl (C=O) groups excluding carboxylic acids is 1. The number of furan rings is 1. The van der Waals surface area contributed by atoms with Gasteiger partial charge in [0.1, 0.15) is 11.4 Å². The molecule has 0 atom stereocenters. The van der Waals surface area contributed by atoms with Gasteiger partial charge in [0.25, 0.3) is 5.91 Å². The van der Waals surface area contributed by atoms with E-state index in [0.717, 1.165) is 36.1 Å². The molecule has 1 saturated heterocycles. The van der Waals surface area contributed by atoms with Crippen molar-refractivity contribution in [2.75, 3.05) is 26.2 Å². The van der Waals surface area contributed by atoms with Crippen molar-refractivity contribution in [1.29, 1.82) is 0 Å². The van der Waals surface area contributed by atoms with Crippen molar-refractivity contribution < 1.29 is 18.7 Å². The van der Waals surface area contributed by atoms with E-state index in [0.29, 0.717) is 37.3 Å². The maximum atomic E-state index is 13.3. The maximum Gasteiger partial charge on any atom is 0.287 e. The van der Waals surface area contributed by atoms with E-state index in [2.05, 4.69) is 24.1 Å². The van der Waals surface area contributed by atoms with Crippen LogP contribution in [-0.4, -0.2) is 42.1 Å². The van der Waals surface area contributed by atoms with Crippen molar-refractivity contribution in [1.82, 2.24) is 10.2 Å². The third-order valence-corrected chi connectivity index (χ3v) is 6.17. The van der Waals surface area contributed by atoms with Gasteiger partial charge in [0.15, 0.2) is 5.76 Å². The van der Waals surface area contributed by atoms with Gasteiger partial charge >= 0.3 is 0 Å². The number of hydrogen-bond acceptors (Lipinski definition) is 4. The van der Waals surface area contributed by atoms with Crippen molar-refractivity contribution in [2.45, 2.75) is 38.7 Å². The van der Waals surface area contributed by atoms with Crippen LogP contribution >= 0.6 is 0 Å². The van der Waals surface area contributed by atoms with Crippen LogP contribution in [0.2, 0.25) is 0 Å². The van der Waals surface area contributed by atoms with Crippen molar-refractivity contribution in [2.24, 2.45) is 5.92 Å². The molecule has 32 heavy (non-hydrogen) atoms. The first-order valence-corrected chi connectivity index (χ1v) is 11.3. The molecule has 170 valence electrons. The molecule has 2 heterocycles. The minimum atomic E-state index is -0.855. The van der Waals surface area contributed by atoms with Crippen LogP contribution in [-0.2, 0) is 12.0 Å². The second-order valence-electron chi connectivity index (χ2n) is 9.23. The fraction of sp³-hybridized carbons (Fsp3) is 0.423. The number of hydrogen-bond donors (Lipinski definition) is 2. The van der Waals surface area contributed by atoms with E-state index >= 15 is 0 Å². The van der Waals surface area contributed by atoms with Crippen molar-refractivity contribution in [3.05, 3.63) is 71.2 Å². The third-order valence-electron chi connectivity index (χ3n) is 6.17. The summed E-state index contributed by atoms with van der Waals surface area (Å²) in [4.78, 5) is 14.9. The number of benzene rings is 2. The molecule has 1 fully saturated rings. The highest BCUT2D eigenvalue weighted by molar-refractivity contribution is 5.96. The van der Waals surface area contributed by atoms with Gasteiger partial charge in [0.2, 0.25) is 0 Å². The van der Waals surface area contributed by atoms with E-state index < -0.39 is 5.60 Å². The monoisotopic (exact) mass is 438 g/mol. The highest BCUT2D eigenvalue weighted by atomic mass is 19.1. The Morgan fingerprint density at radius 1 is 1.19 bits per heavy atom. The molecule has 0 spiro atoms. The molecule has 3 aromatic rings. The van der Waals surface area contributed by atoms with Crippen LogP contribution in [0.5, 0.6) is 0 Å². The van der Waals surface area contributed by atoms with Crippen molar-refractivity contribution in [3.8, 4) is 0 Å². The number of carbonyl (C=O) groups is 1. The van der Waals surface area contributed by atoms with Gasteiger partial charge in [-0.2, -0.15) is 0 Å². The lowest BCUT2D eigenvalue weighted by molar-refractivity contribution is -0.0278. The number of nitrogens with zero attached hydrogens (tertiary/aromatic N) is 1. The summed E-state index contributed by atoms with van der Waals surface area (Å²) in [5.41, 5.74) is 1.46. The molecule has 0 radical (unpaired) electrons. The largest absolute Gasteiger partial charge is 0.451 e. The van der Waals surface area contributed by atoms with E-state index in [1.54, 1.807) is 12.1 Å². The molecule has 2 N–H and O–H groups in total. The minimum Gasteiger partial charge on any atom is -0.451 e. The second-order valence-corrected chi connectivity index (χ2v) is 9.23. The van der Waals surface area contributed by atoms with Crippen LogP contribution in [0.3, 0.4) is 0 Å². The number of likely N-dealkylation sites (tertiary alicyclic amines) is 1. The predicted molar refractivity (Wildman–Crippen MR) is 123 cm³/mol. The van der Waals surface area contributed by atoms with Gasteiger partial charge in [-0.25, -0.2) is 4.39 Å². The summed E-state index contributed by atoms with van der Waals surface area (Å²) in [6.07, 6.45) is 1.92. The molecular weight excluding hydrogens is 407 g/mol. The average Bonchev–Trinajstić information content (AvgIpc) is 3.19. The van der Waals surface area contributed by atoms with Crippen LogP contribution < -0.4 is 5.32 Å². The maximum absolute atomic E-state index is 13.3. The summed E-state index contributed by atoms with van der Waals surface area (Å²) < 4.78 is 19.0. The quantitative estimate of drug-likeness (QED) is 0.571. The van der Waals surface area contributed by atoms with Crippen LogP contribution in [0.1, 0.15) is 48.4 Å². The third kappa shape index (κ3) is 5.19. The highest BCUT2D eigenvalue weighted by Gasteiger charge is 2.34. The smallest absolute Gasteiger partial charge is 0.287 e. The zero-order valence-corrected chi connectivity index (χ0v) is 18.7. The summed E-state index contributed by atoms with van der Waals surface area (Å²) in [5, 5.41) is 14.9. The van der Waals surface area contributed by atoms with Crippen molar-refractivity contribution in [3.63, 3.8) is 0 Å². The zero-order valence-electron chi connectivity index (χ0n) is 18.7. The van der Waals surface area contributed by atoms with E-state index in [4.69, 9.17) is 4.42 Å². The average molecular weight is 439 g/mol. The molecule has 6 heteroatoms. The number of aliphatic hydroxyl groups is 1. The molecule has 0 aliphatic carbocycles.